The van der Waals surface area contributed by atoms with Crippen LogP contribution in [-0.2, 0) is 9.59 Å². The van der Waals surface area contributed by atoms with Crippen LogP contribution >= 0.6 is 0 Å². The third kappa shape index (κ3) is 8.71. The first-order chi connectivity index (χ1) is 18.4. The molecule has 4 N–H and O–H groups in total. The molecule has 0 atom stereocenters. The number of amides is 4. The first-order valence-corrected chi connectivity index (χ1v) is 13.8. The molecule has 3 rings (SSSR count). The summed E-state index contributed by atoms with van der Waals surface area (Å²) in [5, 5.41) is 11.6. The summed E-state index contributed by atoms with van der Waals surface area (Å²) in [7, 11) is 0. The molecule has 4 amide bonds. The molecule has 204 valence electrons. The van der Waals surface area contributed by atoms with Crippen LogP contribution in [0.25, 0.3) is 0 Å². The van der Waals surface area contributed by atoms with Crippen LogP contribution in [0.1, 0.15) is 85.9 Å². The van der Waals surface area contributed by atoms with Gasteiger partial charge in [0.2, 0.25) is 11.8 Å². The molecule has 1 aliphatic carbocycles. The molecule has 2 aromatic carbocycles. The summed E-state index contributed by atoms with van der Waals surface area (Å²) in [6.45, 7) is 5.39. The maximum absolute atomic E-state index is 12.9. The van der Waals surface area contributed by atoms with Crippen LogP contribution < -0.4 is 21.3 Å². The molecule has 1 fully saturated rings. The van der Waals surface area contributed by atoms with E-state index in [1.54, 1.807) is 48.5 Å². The minimum absolute atomic E-state index is 0.0887. The van der Waals surface area contributed by atoms with Gasteiger partial charge in [-0.25, -0.2) is 0 Å². The number of hydrogen-bond donors (Lipinski definition) is 4. The fourth-order valence-electron chi connectivity index (χ4n) is 4.54. The van der Waals surface area contributed by atoms with Crippen molar-refractivity contribution in [3.63, 3.8) is 0 Å². The van der Waals surface area contributed by atoms with Crippen molar-refractivity contribution >= 4 is 35.0 Å². The summed E-state index contributed by atoms with van der Waals surface area (Å²) >= 11 is 0. The number of anilines is 2. The Hall–Kier alpha value is -3.68. The largest absolute Gasteiger partial charge is 0.352 e. The lowest BCUT2D eigenvalue weighted by atomic mass is 9.81. The zero-order valence-electron chi connectivity index (χ0n) is 22.5. The summed E-state index contributed by atoms with van der Waals surface area (Å²) in [5.41, 5.74) is 2.22. The zero-order chi connectivity index (χ0) is 27.3. The molecule has 38 heavy (non-hydrogen) atoms. The van der Waals surface area contributed by atoms with E-state index < -0.39 is 0 Å². The van der Waals surface area contributed by atoms with Gasteiger partial charge in [-0.2, -0.15) is 0 Å². The van der Waals surface area contributed by atoms with Gasteiger partial charge in [0.05, 0.1) is 0 Å². The van der Waals surface area contributed by atoms with Gasteiger partial charge in [-0.15, -0.1) is 0 Å². The van der Waals surface area contributed by atoms with Crippen molar-refractivity contribution in [1.29, 1.82) is 0 Å². The van der Waals surface area contributed by atoms with Crippen LogP contribution in [0.4, 0.5) is 11.4 Å². The second-order valence-corrected chi connectivity index (χ2v) is 9.91. The van der Waals surface area contributed by atoms with Crippen molar-refractivity contribution in [3.8, 4) is 0 Å². The van der Waals surface area contributed by atoms with Gasteiger partial charge in [0.1, 0.15) is 0 Å². The molecular weight excluding hydrogens is 480 g/mol. The maximum atomic E-state index is 12.9. The minimum atomic E-state index is -0.184. The van der Waals surface area contributed by atoms with Gasteiger partial charge in [-0.05, 0) is 74.9 Å². The Labute approximate surface area is 225 Å². The monoisotopic (exact) mass is 520 g/mol. The van der Waals surface area contributed by atoms with Gasteiger partial charge in [0.25, 0.3) is 11.8 Å². The Kier molecular flexibility index (Phi) is 11.3. The van der Waals surface area contributed by atoms with E-state index in [2.05, 4.69) is 35.1 Å². The lowest BCUT2D eigenvalue weighted by molar-refractivity contribution is -0.125. The zero-order valence-corrected chi connectivity index (χ0v) is 22.5. The van der Waals surface area contributed by atoms with Gasteiger partial charge >= 0.3 is 0 Å². The number of rotatable bonds is 12. The van der Waals surface area contributed by atoms with Crippen molar-refractivity contribution in [3.05, 3.63) is 59.7 Å². The highest BCUT2D eigenvalue weighted by molar-refractivity contribution is 5.99. The number of nitrogens with one attached hydrogen (secondary N) is 4. The number of hydrogen-bond acceptors (Lipinski definition) is 4. The van der Waals surface area contributed by atoms with Crippen LogP contribution in [0, 0.1) is 11.8 Å². The van der Waals surface area contributed by atoms with E-state index in [4.69, 9.17) is 0 Å². The SMILES string of the molecule is CCCCNC(=O)c1cccc(NC(=O)C2CCC(C(=O)Nc3cccc(C(=O)NCCCC)c3)CC2)c1. The van der Waals surface area contributed by atoms with E-state index >= 15 is 0 Å². The predicted molar refractivity (Wildman–Crippen MR) is 150 cm³/mol. The molecule has 0 unspecified atom stereocenters. The predicted octanol–water partition coefficient (Wildman–Crippen LogP) is 5.13. The van der Waals surface area contributed by atoms with E-state index in [0.717, 1.165) is 25.7 Å². The lowest BCUT2D eigenvalue weighted by Gasteiger charge is -2.27. The molecule has 0 saturated heterocycles. The summed E-state index contributed by atoms with van der Waals surface area (Å²) in [6, 6.07) is 13.9. The van der Waals surface area contributed by atoms with E-state index in [0.29, 0.717) is 61.3 Å². The van der Waals surface area contributed by atoms with E-state index in [-0.39, 0.29) is 35.5 Å². The molecule has 0 heterocycles. The highest BCUT2D eigenvalue weighted by atomic mass is 16.2. The number of carbonyl (C=O) groups excluding carboxylic acids is 4. The number of unbranched alkanes of at least 4 members (excludes halogenated alkanes) is 2. The Bertz CT molecular complexity index is 1020. The molecule has 0 aromatic heterocycles. The quantitative estimate of drug-likeness (QED) is 0.290. The molecule has 0 radical (unpaired) electrons. The standard InChI is InChI=1S/C30H40N4O4/c1-3-5-17-31-27(35)23-9-7-11-25(19-23)33-29(37)21-13-15-22(16-14-21)30(38)34-26-12-8-10-24(20-26)28(36)32-18-6-4-2/h7-12,19-22H,3-6,13-18H2,1-2H3,(H,31,35)(H,32,36)(H,33,37)(H,34,38). The summed E-state index contributed by atoms with van der Waals surface area (Å²) in [6.07, 6.45) is 6.30. The Balaban J connectivity index is 1.47. The molecule has 8 nitrogen and oxygen atoms in total. The summed E-state index contributed by atoms with van der Waals surface area (Å²) in [4.78, 5) is 50.4. The average molecular weight is 521 g/mol. The maximum Gasteiger partial charge on any atom is 0.251 e. The van der Waals surface area contributed by atoms with Crippen LogP contribution in [0.2, 0.25) is 0 Å². The van der Waals surface area contributed by atoms with Crippen LogP contribution in [0.15, 0.2) is 48.5 Å². The Morgan fingerprint density at radius 2 is 1.05 bits per heavy atom. The molecule has 1 aliphatic rings. The van der Waals surface area contributed by atoms with Crippen molar-refractivity contribution in [2.24, 2.45) is 11.8 Å². The lowest BCUT2D eigenvalue weighted by Crippen LogP contribution is -2.32. The van der Waals surface area contributed by atoms with Gasteiger partial charge in [-0.1, -0.05) is 38.8 Å². The molecular formula is C30H40N4O4. The Morgan fingerprint density at radius 1 is 0.658 bits per heavy atom. The van der Waals surface area contributed by atoms with Crippen molar-refractivity contribution in [1.82, 2.24) is 10.6 Å². The topological polar surface area (TPSA) is 116 Å². The highest BCUT2D eigenvalue weighted by Gasteiger charge is 2.30. The molecule has 0 aliphatic heterocycles. The smallest absolute Gasteiger partial charge is 0.251 e. The van der Waals surface area contributed by atoms with Gasteiger partial charge in [0, 0.05) is 47.4 Å². The minimum Gasteiger partial charge on any atom is -0.352 e. The summed E-state index contributed by atoms with van der Waals surface area (Å²) < 4.78 is 0. The number of benzene rings is 2. The fourth-order valence-corrected chi connectivity index (χ4v) is 4.54. The van der Waals surface area contributed by atoms with E-state index in [1.807, 2.05) is 0 Å². The van der Waals surface area contributed by atoms with Crippen molar-refractivity contribution < 1.29 is 19.2 Å². The third-order valence-electron chi connectivity index (χ3n) is 6.89. The number of carbonyl (C=O) groups is 4. The first-order valence-electron chi connectivity index (χ1n) is 13.8. The second kappa shape index (κ2) is 14.9. The highest BCUT2D eigenvalue weighted by Crippen LogP contribution is 2.31. The van der Waals surface area contributed by atoms with Gasteiger partial charge in [-0.3, -0.25) is 19.2 Å². The third-order valence-corrected chi connectivity index (χ3v) is 6.89. The van der Waals surface area contributed by atoms with E-state index in [9.17, 15) is 19.2 Å². The van der Waals surface area contributed by atoms with Crippen LogP contribution in [0.5, 0.6) is 0 Å². The molecule has 8 heteroatoms. The average Bonchev–Trinajstić information content (AvgIpc) is 2.93. The Morgan fingerprint density at radius 3 is 1.42 bits per heavy atom. The van der Waals surface area contributed by atoms with E-state index in [1.165, 1.54) is 0 Å². The van der Waals surface area contributed by atoms with Crippen LogP contribution in [-0.4, -0.2) is 36.7 Å². The fraction of sp³-hybridized carbons (Fsp3) is 0.467. The van der Waals surface area contributed by atoms with Crippen molar-refractivity contribution in [2.45, 2.75) is 65.2 Å². The molecule has 1 saturated carbocycles. The molecule has 0 bridgehead atoms. The van der Waals surface area contributed by atoms with Gasteiger partial charge < -0.3 is 21.3 Å². The summed E-state index contributed by atoms with van der Waals surface area (Å²) in [5.74, 6) is -0.844. The molecule has 0 spiro atoms. The van der Waals surface area contributed by atoms with Crippen molar-refractivity contribution in [2.75, 3.05) is 23.7 Å². The second-order valence-electron chi connectivity index (χ2n) is 9.91. The normalized spacial score (nSPS) is 16.8. The molecule has 2 aromatic rings. The van der Waals surface area contributed by atoms with Crippen LogP contribution in [0.3, 0.4) is 0 Å². The first kappa shape index (κ1) is 28.9. The van der Waals surface area contributed by atoms with Gasteiger partial charge in [0.15, 0.2) is 0 Å².